The molecule has 1 aliphatic heterocycles. The molecule has 2 aromatic carbocycles. The minimum atomic E-state index is 0.176. The summed E-state index contributed by atoms with van der Waals surface area (Å²) in [6.45, 7) is 2.69. The highest BCUT2D eigenvalue weighted by molar-refractivity contribution is 5.99. The third kappa shape index (κ3) is 4.60. The number of phenolic OH excluding ortho intramolecular Hbond substituents is 1. The minimum absolute atomic E-state index is 0.176. The van der Waals surface area contributed by atoms with Crippen molar-refractivity contribution in [1.82, 2.24) is 4.90 Å². The van der Waals surface area contributed by atoms with Crippen LogP contribution in [0.1, 0.15) is 43.2 Å². The van der Waals surface area contributed by atoms with Crippen LogP contribution in [0, 0.1) is 11.8 Å². The standard InChI is InChI=1S/C29H33NO2/c31-18-4-7-28(22-5-2-1-3-6-22)29(24-12-16-27(32)17-13-24)23-10-8-21(9-11-23)25-19-30(20-25)26-14-15-26/h1-3,5-6,8,10-13,16-17,21,25-26,31-32H,4,7,9,14-15,18-20H2/b29-28+. The van der Waals surface area contributed by atoms with Gasteiger partial charge >= 0.3 is 0 Å². The van der Waals surface area contributed by atoms with Gasteiger partial charge < -0.3 is 10.2 Å². The van der Waals surface area contributed by atoms with E-state index in [9.17, 15) is 10.2 Å². The van der Waals surface area contributed by atoms with Crippen molar-refractivity contribution in [2.24, 2.45) is 11.8 Å². The van der Waals surface area contributed by atoms with Gasteiger partial charge in [-0.1, -0.05) is 60.7 Å². The van der Waals surface area contributed by atoms with E-state index in [1.54, 1.807) is 12.1 Å². The molecule has 32 heavy (non-hydrogen) atoms. The second-order valence-corrected chi connectivity index (χ2v) is 9.46. The molecule has 0 spiro atoms. The van der Waals surface area contributed by atoms with E-state index < -0.39 is 0 Å². The fraction of sp³-hybridized carbons (Fsp3) is 0.379. The van der Waals surface area contributed by atoms with E-state index in [1.165, 1.54) is 48.2 Å². The number of rotatable bonds is 8. The van der Waals surface area contributed by atoms with Crippen LogP contribution in [0.25, 0.3) is 11.1 Å². The summed E-state index contributed by atoms with van der Waals surface area (Å²) < 4.78 is 0. The van der Waals surface area contributed by atoms with Gasteiger partial charge in [-0.25, -0.2) is 0 Å². The number of hydrogen-bond acceptors (Lipinski definition) is 3. The highest BCUT2D eigenvalue weighted by Gasteiger charge is 2.40. The molecule has 0 radical (unpaired) electrons. The van der Waals surface area contributed by atoms with Crippen molar-refractivity contribution in [2.45, 2.75) is 38.1 Å². The predicted octanol–water partition coefficient (Wildman–Crippen LogP) is 5.67. The average molecular weight is 428 g/mol. The first-order chi connectivity index (χ1) is 15.7. The zero-order chi connectivity index (χ0) is 21.9. The lowest BCUT2D eigenvalue weighted by molar-refractivity contribution is 0.0642. The molecule has 3 heteroatoms. The fourth-order valence-corrected chi connectivity index (χ4v) is 5.18. The maximum Gasteiger partial charge on any atom is 0.115 e. The zero-order valence-electron chi connectivity index (χ0n) is 18.7. The molecule has 3 nitrogen and oxygen atoms in total. The van der Waals surface area contributed by atoms with Crippen LogP contribution in [-0.4, -0.2) is 40.9 Å². The number of aromatic hydroxyl groups is 1. The summed E-state index contributed by atoms with van der Waals surface area (Å²) in [6, 6.07) is 18.9. The van der Waals surface area contributed by atoms with Crippen molar-refractivity contribution in [2.75, 3.05) is 19.7 Å². The van der Waals surface area contributed by atoms with Crippen LogP contribution >= 0.6 is 0 Å². The summed E-state index contributed by atoms with van der Waals surface area (Å²) in [4.78, 5) is 2.65. The maximum absolute atomic E-state index is 9.86. The van der Waals surface area contributed by atoms with Crippen LogP contribution in [-0.2, 0) is 0 Å². The van der Waals surface area contributed by atoms with Gasteiger partial charge in [-0.3, -0.25) is 4.90 Å². The van der Waals surface area contributed by atoms with Crippen LogP contribution < -0.4 is 0 Å². The molecule has 2 aromatic rings. The van der Waals surface area contributed by atoms with Crippen molar-refractivity contribution >= 4 is 11.1 Å². The number of aliphatic hydroxyl groups is 1. The lowest BCUT2D eigenvalue weighted by atomic mass is 9.78. The van der Waals surface area contributed by atoms with E-state index >= 15 is 0 Å². The molecule has 1 atom stereocenters. The first-order valence-corrected chi connectivity index (χ1v) is 12.0. The third-order valence-corrected chi connectivity index (χ3v) is 7.19. The van der Waals surface area contributed by atoms with Crippen LogP contribution in [0.3, 0.4) is 0 Å². The van der Waals surface area contributed by atoms with Crippen molar-refractivity contribution in [3.63, 3.8) is 0 Å². The summed E-state index contributed by atoms with van der Waals surface area (Å²) in [5, 5.41) is 19.4. The smallest absolute Gasteiger partial charge is 0.115 e. The molecule has 5 rings (SSSR count). The molecule has 0 amide bonds. The number of nitrogens with zero attached hydrogens (tertiary/aromatic N) is 1. The van der Waals surface area contributed by atoms with E-state index in [4.69, 9.17) is 0 Å². The highest BCUT2D eigenvalue weighted by atomic mass is 16.3. The molecule has 2 fully saturated rings. The van der Waals surface area contributed by atoms with Crippen molar-refractivity contribution in [3.8, 4) is 5.75 Å². The van der Waals surface area contributed by atoms with Crippen LogP contribution in [0.4, 0.5) is 0 Å². The van der Waals surface area contributed by atoms with Gasteiger partial charge in [0.1, 0.15) is 5.75 Å². The Morgan fingerprint density at radius 1 is 0.938 bits per heavy atom. The quantitative estimate of drug-likeness (QED) is 0.533. The van der Waals surface area contributed by atoms with Crippen LogP contribution in [0.2, 0.25) is 0 Å². The SMILES string of the molecule is OCCC/C(=C(/C1=CCC(C2CN(C3CC3)C2)C=C1)c1ccc(O)cc1)c1ccccc1. The Bertz CT molecular complexity index is 1010. The number of phenols is 1. The summed E-state index contributed by atoms with van der Waals surface area (Å²) >= 11 is 0. The number of allylic oxidation sites excluding steroid dienone is 6. The Balaban J connectivity index is 1.46. The van der Waals surface area contributed by atoms with Gasteiger partial charge in [-0.15, -0.1) is 0 Å². The Morgan fingerprint density at radius 3 is 2.31 bits per heavy atom. The second kappa shape index (κ2) is 9.48. The molecule has 2 N–H and O–H groups in total. The van der Waals surface area contributed by atoms with E-state index in [-0.39, 0.29) is 12.4 Å². The van der Waals surface area contributed by atoms with Crippen molar-refractivity contribution < 1.29 is 10.2 Å². The largest absolute Gasteiger partial charge is 0.508 e. The number of aliphatic hydroxyl groups excluding tert-OH is 1. The number of benzene rings is 2. The molecule has 166 valence electrons. The van der Waals surface area contributed by atoms with Crippen LogP contribution in [0.5, 0.6) is 5.75 Å². The van der Waals surface area contributed by atoms with Gasteiger partial charge in [0.05, 0.1) is 0 Å². The Kier molecular flexibility index (Phi) is 6.29. The Morgan fingerprint density at radius 2 is 1.69 bits per heavy atom. The number of likely N-dealkylation sites (tertiary alicyclic amines) is 1. The van der Waals surface area contributed by atoms with Crippen LogP contribution in [0.15, 0.2) is 78.4 Å². The normalized spacial score (nSPS) is 22.3. The second-order valence-electron chi connectivity index (χ2n) is 9.46. The van der Waals surface area contributed by atoms with E-state index in [0.717, 1.165) is 36.8 Å². The molecule has 1 saturated heterocycles. The maximum atomic E-state index is 9.86. The summed E-state index contributed by atoms with van der Waals surface area (Å²) in [7, 11) is 0. The monoisotopic (exact) mass is 427 g/mol. The van der Waals surface area contributed by atoms with Gasteiger partial charge in [0, 0.05) is 25.7 Å². The topological polar surface area (TPSA) is 43.7 Å². The number of hydrogen-bond donors (Lipinski definition) is 2. The molecule has 1 unspecified atom stereocenters. The van der Waals surface area contributed by atoms with Crippen molar-refractivity contribution in [1.29, 1.82) is 0 Å². The summed E-state index contributed by atoms with van der Waals surface area (Å²) in [5.41, 5.74) is 6.02. The molecule has 0 bridgehead atoms. The summed E-state index contributed by atoms with van der Waals surface area (Å²) in [6.07, 6.45) is 12.6. The molecule has 3 aliphatic rings. The molecule has 0 aromatic heterocycles. The van der Waals surface area contributed by atoms with E-state index in [0.29, 0.717) is 5.92 Å². The van der Waals surface area contributed by atoms with Gasteiger partial charge in [0.15, 0.2) is 0 Å². The lowest BCUT2D eigenvalue weighted by Gasteiger charge is -2.43. The highest BCUT2D eigenvalue weighted by Crippen LogP contribution is 2.41. The first-order valence-electron chi connectivity index (χ1n) is 12.0. The van der Waals surface area contributed by atoms with E-state index in [2.05, 4.69) is 47.4 Å². The molecule has 1 saturated carbocycles. The third-order valence-electron chi connectivity index (χ3n) is 7.19. The zero-order valence-corrected chi connectivity index (χ0v) is 18.7. The van der Waals surface area contributed by atoms with Gasteiger partial charge in [0.2, 0.25) is 0 Å². The Hall–Kier alpha value is -2.62. The molecule has 1 heterocycles. The lowest BCUT2D eigenvalue weighted by Crippen LogP contribution is -2.50. The van der Waals surface area contributed by atoms with Gasteiger partial charge in [0.25, 0.3) is 0 Å². The first kappa shape index (κ1) is 21.2. The minimum Gasteiger partial charge on any atom is -0.508 e. The molecular weight excluding hydrogens is 394 g/mol. The van der Waals surface area contributed by atoms with Crippen molar-refractivity contribution in [3.05, 3.63) is 89.5 Å². The van der Waals surface area contributed by atoms with Gasteiger partial charge in [-0.2, -0.15) is 0 Å². The van der Waals surface area contributed by atoms with E-state index in [1.807, 2.05) is 18.2 Å². The summed E-state index contributed by atoms with van der Waals surface area (Å²) in [5.74, 6) is 1.70. The predicted molar refractivity (Wildman–Crippen MR) is 131 cm³/mol. The molecular formula is C29H33NO2. The molecule has 2 aliphatic carbocycles. The Labute approximate surface area is 191 Å². The average Bonchev–Trinajstić information content (AvgIpc) is 3.63. The van der Waals surface area contributed by atoms with Gasteiger partial charge in [-0.05, 0) is 83.9 Å². The fourth-order valence-electron chi connectivity index (χ4n) is 5.18.